The standard InChI is InChI=1S/C20H21NO5/c1-13-4-7-16(8-5-13)25-11-3-10-21-17-12-15(20(23)24)6-9-18(17)26-14(2)19(21)22/h4-9,12,14H,3,10-11H2,1-2H3,(H,23,24). The molecule has 1 aliphatic heterocycles. The summed E-state index contributed by atoms with van der Waals surface area (Å²) in [5, 5.41) is 9.19. The van der Waals surface area contributed by atoms with Crippen LogP contribution in [0, 0.1) is 6.92 Å². The number of carbonyl (C=O) groups is 2. The Balaban J connectivity index is 1.68. The maximum Gasteiger partial charge on any atom is 0.335 e. The molecule has 2 aromatic rings. The summed E-state index contributed by atoms with van der Waals surface area (Å²) in [6, 6.07) is 12.3. The number of carboxylic acid groups (broad SMARTS) is 1. The van der Waals surface area contributed by atoms with Crippen LogP contribution in [0.3, 0.4) is 0 Å². The monoisotopic (exact) mass is 355 g/mol. The third-order valence-electron chi connectivity index (χ3n) is 4.23. The first kappa shape index (κ1) is 17.8. The second-order valence-corrected chi connectivity index (χ2v) is 6.25. The van der Waals surface area contributed by atoms with Gasteiger partial charge in [-0.3, -0.25) is 4.79 Å². The topological polar surface area (TPSA) is 76.1 Å². The molecule has 3 rings (SSSR count). The molecule has 1 N–H and O–H groups in total. The van der Waals surface area contributed by atoms with E-state index in [0.717, 1.165) is 11.3 Å². The van der Waals surface area contributed by atoms with Crippen molar-refractivity contribution in [3.63, 3.8) is 0 Å². The van der Waals surface area contributed by atoms with E-state index in [9.17, 15) is 14.7 Å². The third-order valence-corrected chi connectivity index (χ3v) is 4.23. The number of carbonyl (C=O) groups excluding carboxylic acids is 1. The van der Waals surface area contributed by atoms with Crippen LogP contribution in [-0.2, 0) is 4.79 Å². The Kier molecular flexibility index (Phi) is 5.11. The van der Waals surface area contributed by atoms with E-state index in [1.807, 2.05) is 31.2 Å². The SMILES string of the molecule is Cc1ccc(OCCCN2C(=O)C(C)Oc3ccc(C(=O)O)cc32)cc1. The highest BCUT2D eigenvalue weighted by atomic mass is 16.5. The Morgan fingerprint density at radius 2 is 1.96 bits per heavy atom. The average Bonchev–Trinajstić information content (AvgIpc) is 2.62. The lowest BCUT2D eigenvalue weighted by atomic mass is 10.1. The molecule has 1 unspecified atom stereocenters. The molecule has 1 aliphatic rings. The number of hydrogen-bond acceptors (Lipinski definition) is 4. The zero-order chi connectivity index (χ0) is 18.7. The van der Waals surface area contributed by atoms with E-state index in [0.29, 0.717) is 31.0 Å². The Morgan fingerprint density at radius 3 is 2.65 bits per heavy atom. The largest absolute Gasteiger partial charge is 0.494 e. The Hall–Kier alpha value is -3.02. The molecule has 1 amide bonds. The lowest BCUT2D eigenvalue weighted by Crippen LogP contribution is -2.45. The molecule has 0 fully saturated rings. The number of amides is 1. The van der Waals surface area contributed by atoms with Gasteiger partial charge in [-0.05, 0) is 50.6 Å². The van der Waals surface area contributed by atoms with E-state index in [2.05, 4.69) is 0 Å². The molecule has 1 atom stereocenters. The van der Waals surface area contributed by atoms with Crippen LogP contribution in [0.4, 0.5) is 5.69 Å². The summed E-state index contributed by atoms with van der Waals surface area (Å²) in [6.45, 7) is 4.58. The predicted octanol–water partition coefficient (Wildman–Crippen LogP) is 3.28. The van der Waals surface area contributed by atoms with E-state index in [1.54, 1.807) is 17.9 Å². The number of benzene rings is 2. The summed E-state index contributed by atoms with van der Waals surface area (Å²) in [7, 11) is 0. The smallest absolute Gasteiger partial charge is 0.335 e. The van der Waals surface area contributed by atoms with Crippen LogP contribution in [0.25, 0.3) is 0 Å². The number of anilines is 1. The third kappa shape index (κ3) is 3.79. The van der Waals surface area contributed by atoms with Gasteiger partial charge in [0.15, 0.2) is 6.10 Å². The van der Waals surface area contributed by atoms with E-state index < -0.39 is 12.1 Å². The van der Waals surface area contributed by atoms with Gasteiger partial charge in [-0.1, -0.05) is 17.7 Å². The first-order valence-electron chi connectivity index (χ1n) is 8.50. The quantitative estimate of drug-likeness (QED) is 0.805. The molecule has 2 aromatic carbocycles. The van der Waals surface area contributed by atoms with Crippen molar-refractivity contribution in [2.45, 2.75) is 26.4 Å². The van der Waals surface area contributed by atoms with Crippen LogP contribution in [0.5, 0.6) is 11.5 Å². The fourth-order valence-electron chi connectivity index (χ4n) is 2.82. The molecule has 6 heteroatoms. The number of nitrogens with zero attached hydrogens (tertiary/aromatic N) is 1. The van der Waals surface area contributed by atoms with Gasteiger partial charge < -0.3 is 19.5 Å². The molecule has 0 radical (unpaired) electrons. The number of ether oxygens (including phenoxy) is 2. The highest BCUT2D eigenvalue weighted by Gasteiger charge is 2.31. The molecule has 0 aliphatic carbocycles. The first-order valence-corrected chi connectivity index (χ1v) is 8.50. The number of aryl methyl sites for hydroxylation is 1. The molecule has 136 valence electrons. The summed E-state index contributed by atoms with van der Waals surface area (Å²) in [4.78, 5) is 25.3. The molecule has 26 heavy (non-hydrogen) atoms. The summed E-state index contributed by atoms with van der Waals surface area (Å²) in [5.41, 5.74) is 1.77. The highest BCUT2D eigenvalue weighted by molar-refractivity contribution is 6.01. The van der Waals surface area contributed by atoms with Crippen molar-refractivity contribution >= 4 is 17.6 Å². The average molecular weight is 355 g/mol. The molecule has 0 spiro atoms. The first-order chi connectivity index (χ1) is 12.5. The van der Waals surface area contributed by atoms with Crippen molar-refractivity contribution < 1.29 is 24.2 Å². The maximum atomic E-state index is 12.5. The zero-order valence-electron chi connectivity index (χ0n) is 14.8. The number of fused-ring (bicyclic) bond motifs is 1. The fraction of sp³-hybridized carbons (Fsp3) is 0.300. The van der Waals surface area contributed by atoms with Gasteiger partial charge in [0, 0.05) is 6.54 Å². The number of rotatable bonds is 6. The van der Waals surface area contributed by atoms with Gasteiger partial charge >= 0.3 is 5.97 Å². The lowest BCUT2D eigenvalue weighted by Gasteiger charge is -2.33. The molecule has 0 aromatic heterocycles. The predicted molar refractivity (Wildman–Crippen MR) is 97.1 cm³/mol. The zero-order valence-corrected chi connectivity index (χ0v) is 14.8. The van der Waals surface area contributed by atoms with E-state index >= 15 is 0 Å². The van der Waals surface area contributed by atoms with Gasteiger partial charge in [0.05, 0.1) is 17.9 Å². The Morgan fingerprint density at radius 1 is 1.23 bits per heavy atom. The summed E-state index contributed by atoms with van der Waals surface area (Å²) in [5.74, 6) is 0.0734. The van der Waals surface area contributed by atoms with Gasteiger partial charge in [-0.2, -0.15) is 0 Å². The summed E-state index contributed by atoms with van der Waals surface area (Å²) < 4.78 is 11.3. The van der Waals surface area contributed by atoms with E-state index in [4.69, 9.17) is 9.47 Å². The van der Waals surface area contributed by atoms with Crippen molar-refractivity contribution in [3.8, 4) is 11.5 Å². The van der Waals surface area contributed by atoms with Crippen molar-refractivity contribution in [2.24, 2.45) is 0 Å². The van der Waals surface area contributed by atoms with Gasteiger partial charge in [-0.15, -0.1) is 0 Å². The molecular weight excluding hydrogens is 334 g/mol. The van der Waals surface area contributed by atoms with Crippen LogP contribution < -0.4 is 14.4 Å². The lowest BCUT2D eigenvalue weighted by molar-refractivity contribution is -0.125. The van der Waals surface area contributed by atoms with E-state index in [1.165, 1.54) is 12.1 Å². The van der Waals surface area contributed by atoms with Crippen molar-refractivity contribution in [1.29, 1.82) is 0 Å². The normalized spacial score (nSPS) is 16.0. The van der Waals surface area contributed by atoms with Crippen LogP contribution >= 0.6 is 0 Å². The van der Waals surface area contributed by atoms with Gasteiger partial charge in [-0.25, -0.2) is 4.79 Å². The number of carboxylic acids is 1. The minimum atomic E-state index is -1.04. The van der Waals surface area contributed by atoms with Gasteiger partial charge in [0.1, 0.15) is 11.5 Å². The minimum Gasteiger partial charge on any atom is -0.494 e. The second kappa shape index (κ2) is 7.47. The van der Waals surface area contributed by atoms with Crippen molar-refractivity contribution in [3.05, 3.63) is 53.6 Å². The van der Waals surface area contributed by atoms with Crippen LogP contribution in [-0.4, -0.2) is 36.2 Å². The molecule has 1 heterocycles. The van der Waals surface area contributed by atoms with E-state index in [-0.39, 0.29) is 11.5 Å². The Bertz CT molecular complexity index is 815. The number of aromatic carboxylic acids is 1. The Labute approximate surface area is 152 Å². The van der Waals surface area contributed by atoms with Crippen molar-refractivity contribution in [2.75, 3.05) is 18.1 Å². The molecular formula is C20H21NO5. The highest BCUT2D eigenvalue weighted by Crippen LogP contribution is 2.35. The molecule has 6 nitrogen and oxygen atoms in total. The van der Waals surface area contributed by atoms with Crippen LogP contribution in [0.2, 0.25) is 0 Å². The minimum absolute atomic E-state index is 0.121. The maximum absolute atomic E-state index is 12.5. The van der Waals surface area contributed by atoms with Crippen molar-refractivity contribution in [1.82, 2.24) is 0 Å². The summed E-state index contributed by atoms with van der Waals surface area (Å²) in [6.07, 6.45) is 0.0134. The summed E-state index contributed by atoms with van der Waals surface area (Å²) >= 11 is 0. The molecule has 0 bridgehead atoms. The van der Waals surface area contributed by atoms with Gasteiger partial charge in [0.2, 0.25) is 0 Å². The molecule has 0 saturated carbocycles. The van der Waals surface area contributed by atoms with Crippen LogP contribution in [0.15, 0.2) is 42.5 Å². The van der Waals surface area contributed by atoms with Crippen LogP contribution in [0.1, 0.15) is 29.3 Å². The second-order valence-electron chi connectivity index (χ2n) is 6.25. The molecule has 0 saturated heterocycles. The number of hydrogen-bond donors (Lipinski definition) is 1. The fourth-order valence-corrected chi connectivity index (χ4v) is 2.82. The van der Waals surface area contributed by atoms with Gasteiger partial charge in [0.25, 0.3) is 5.91 Å².